The summed E-state index contributed by atoms with van der Waals surface area (Å²) in [6, 6.07) is 3.93. The smallest absolute Gasteiger partial charge is 0.387 e. The highest BCUT2D eigenvalue weighted by atomic mass is 31.2. The number of nitrogens with zero attached hydrogens (tertiary/aromatic N) is 10. The van der Waals surface area contributed by atoms with Crippen LogP contribution < -0.4 is 56.8 Å². The molecule has 11 rings (SSSR count). The molecule has 6 aromatic rings. The van der Waals surface area contributed by atoms with Crippen LogP contribution in [0.15, 0.2) is 84.1 Å². The van der Waals surface area contributed by atoms with E-state index in [9.17, 15) is 107 Å². The number of anilines is 4. The van der Waals surface area contributed by atoms with E-state index in [2.05, 4.69) is 34.4 Å². The summed E-state index contributed by atoms with van der Waals surface area (Å²) in [5.74, 6) is -1.37. The van der Waals surface area contributed by atoms with E-state index in [1.54, 1.807) is 0 Å². The van der Waals surface area contributed by atoms with Gasteiger partial charge in [0.2, 0.25) is 5.95 Å². The van der Waals surface area contributed by atoms with Gasteiger partial charge in [0.1, 0.15) is 116 Å². The van der Waals surface area contributed by atoms with Crippen LogP contribution >= 0.6 is 39.5 Å². The molecule has 0 bridgehead atoms. The first-order valence-electron chi connectivity index (χ1n) is 29.2. The largest absolute Gasteiger partial charge is 0.694 e. The summed E-state index contributed by atoms with van der Waals surface area (Å²) in [5, 5.41) is 68.0. The molecule has 0 saturated carbocycles. The van der Waals surface area contributed by atoms with Crippen LogP contribution in [0.4, 0.5) is 23.4 Å². The van der Waals surface area contributed by atoms with Crippen molar-refractivity contribution in [2.45, 2.75) is 123 Å². The van der Waals surface area contributed by atoms with Crippen molar-refractivity contribution in [2.24, 2.45) is 0 Å². The molecule has 6 aromatic heterocycles. The molecule has 5 aliphatic heterocycles. The van der Waals surface area contributed by atoms with Gasteiger partial charge in [-0.25, -0.2) is 42.4 Å². The van der Waals surface area contributed by atoms with Gasteiger partial charge in [-0.15, -0.1) is 9.42 Å². The number of aromatic nitrogens is 12. The predicted molar refractivity (Wildman–Crippen MR) is 327 cm³/mol. The van der Waals surface area contributed by atoms with Crippen LogP contribution in [0.1, 0.15) is 31.1 Å². The first kappa shape index (κ1) is 77.0. The highest BCUT2D eigenvalue weighted by Gasteiger charge is 2.57. The molecule has 5 saturated heterocycles. The molecule has 5 unspecified atom stereocenters. The van der Waals surface area contributed by atoms with Crippen LogP contribution in [0.5, 0.6) is 0 Å². The molecule has 52 nitrogen and oxygen atoms in total. The molecular weight excluding hydrogens is 1510 g/mol. The number of hydrogen-bond donors (Lipinski definition) is 17. The van der Waals surface area contributed by atoms with Gasteiger partial charge in [-0.3, -0.25) is 78.6 Å². The van der Waals surface area contributed by atoms with Gasteiger partial charge in [0.15, 0.2) is 42.3 Å². The third-order valence-corrected chi connectivity index (χ3v) is 20.1. The fourth-order valence-electron chi connectivity index (χ4n) is 11.1. The number of H-pyrrole nitrogens is 2. The molecule has 0 aromatic carbocycles. The number of nitrogens with two attached hydrogens (primary N) is 4. The van der Waals surface area contributed by atoms with Crippen molar-refractivity contribution < 1.29 is 142 Å². The fourth-order valence-corrected chi connectivity index (χ4v) is 15.2. The van der Waals surface area contributed by atoms with Gasteiger partial charge in [-0.05, 0) is 18.2 Å². The Labute approximate surface area is 569 Å². The first-order valence-corrected chi connectivity index (χ1v) is 36.3. The van der Waals surface area contributed by atoms with Crippen LogP contribution in [-0.4, -0.2) is 237 Å². The van der Waals surface area contributed by atoms with Gasteiger partial charge >= 0.3 is 62.3 Å². The summed E-state index contributed by atoms with van der Waals surface area (Å²) >= 11 is 0. The van der Waals surface area contributed by atoms with Gasteiger partial charge in [-0.1, -0.05) is 0 Å². The molecule has 57 heteroatoms. The molecule has 103 heavy (non-hydrogen) atoms. The number of hydrogen-bond acceptors (Lipinski definition) is 40. The van der Waals surface area contributed by atoms with Gasteiger partial charge in [0, 0.05) is 35.4 Å². The number of aliphatic hydroxyl groups excluding tert-OH is 6. The number of ether oxygens (including phenoxy) is 5. The molecule has 0 spiro atoms. The Morgan fingerprint density at radius 3 is 1.17 bits per heavy atom. The first-order chi connectivity index (χ1) is 48.4. The average Bonchev–Trinajstić information content (AvgIpc) is 1.65. The third-order valence-electron chi connectivity index (χ3n) is 15.8. The van der Waals surface area contributed by atoms with E-state index < -0.39 is 229 Å². The molecular formula is C46H60N16O36P5+. The van der Waals surface area contributed by atoms with Gasteiger partial charge in [0.05, 0.1) is 32.8 Å². The van der Waals surface area contributed by atoms with E-state index in [4.69, 9.17) is 82.8 Å². The fraction of sp³-hybridized carbons (Fsp3) is 0.543. The van der Waals surface area contributed by atoms with Crippen LogP contribution in [0.3, 0.4) is 0 Å². The third kappa shape index (κ3) is 17.1. The normalized spacial score (nSPS) is 32.7. The second kappa shape index (κ2) is 30.4. The zero-order valence-electron chi connectivity index (χ0n) is 51.4. The van der Waals surface area contributed by atoms with Crippen molar-refractivity contribution in [2.75, 3.05) is 56.0 Å². The second-order valence-corrected chi connectivity index (χ2v) is 28.9. The molecule has 564 valence electrons. The lowest BCUT2D eigenvalue weighted by Crippen LogP contribution is -2.39. The van der Waals surface area contributed by atoms with Crippen LogP contribution in [0, 0.1) is 0 Å². The van der Waals surface area contributed by atoms with E-state index >= 15 is 0 Å². The quantitative estimate of drug-likeness (QED) is 0.0203. The summed E-state index contributed by atoms with van der Waals surface area (Å²) in [4.78, 5) is 153. The Bertz CT molecular complexity index is 4740. The number of phosphoric acid groups is 4. The Kier molecular flexibility index (Phi) is 22.7. The molecule has 5 fully saturated rings. The van der Waals surface area contributed by atoms with Crippen molar-refractivity contribution in [1.82, 2.24) is 57.7 Å². The minimum Gasteiger partial charge on any atom is -0.387 e. The van der Waals surface area contributed by atoms with Crippen LogP contribution in [0.25, 0.3) is 11.2 Å². The SMILES string of the molecule is Nc1ccn([C@@H]2O[C@H](CO[P+](=O)O)[C@@H](OP(=O)(O)OC[C@H]3O[C@@H](n4ccc(N)nc4=O)[C@H](O)[C@@H]3OP(=O)(O)OC[C@H]3O[C@@H](n4ccc(N)nc4=O)[C@H](O)[C@@H]3OP(=O)(O)OC[C@H]3O[C@@H](n4ccc(=O)[nH]c4=O)[C@H](O)[C@@H]3OP(=O)(O)OC[C@H]3O[C@@H](n4cnc5c(=O)[nH]c(N)nc54)[C@H](O)[C@@H]3O)[C@H]2O)c(=O)n1. The molecule has 5 aliphatic rings. The number of rotatable bonds is 28. The number of nitrogens with one attached hydrogen (secondary N) is 2. The van der Waals surface area contributed by atoms with Crippen molar-refractivity contribution in [3.63, 3.8) is 0 Å². The predicted octanol–water partition coefficient (Wildman–Crippen LogP) is -7.90. The second-order valence-electron chi connectivity index (χ2n) is 22.6. The van der Waals surface area contributed by atoms with Crippen LogP contribution in [0.2, 0.25) is 0 Å². The molecule has 0 radical (unpaired) electrons. The summed E-state index contributed by atoms with van der Waals surface area (Å²) in [5.41, 5.74) is 15.4. The number of fused-ring (bicyclic) bond motifs is 1. The lowest BCUT2D eigenvalue weighted by Gasteiger charge is -2.27. The summed E-state index contributed by atoms with van der Waals surface area (Å²) < 4.78 is 145. The zero-order valence-corrected chi connectivity index (χ0v) is 55.9. The van der Waals surface area contributed by atoms with Crippen molar-refractivity contribution in [3.05, 3.63) is 118 Å². The number of nitrogen functional groups attached to an aromatic ring is 4. The summed E-state index contributed by atoms with van der Waals surface area (Å²) in [6.45, 7) is -6.26. The van der Waals surface area contributed by atoms with E-state index in [0.29, 0.717) is 18.3 Å². The number of aromatic amines is 2. The maximum atomic E-state index is 14.1. The maximum absolute atomic E-state index is 14.1. The minimum atomic E-state index is -5.92. The maximum Gasteiger partial charge on any atom is 0.694 e. The van der Waals surface area contributed by atoms with Crippen molar-refractivity contribution >= 4 is 74.1 Å². The Balaban J connectivity index is 0.797. The summed E-state index contributed by atoms with van der Waals surface area (Å²) in [7, 11) is -26.6. The Morgan fingerprint density at radius 1 is 0.456 bits per heavy atom. The van der Waals surface area contributed by atoms with E-state index in [-0.39, 0.29) is 34.6 Å². The van der Waals surface area contributed by atoms with Crippen LogP contribution in [-0.2, 0) is 87.2 Å². The highest BCUT2D eigenvalue weighted by molar-refractivity contribution is 7.48. The molecule has 0 aliphatic carbocycles. The Morgan fingerprint density at radius 2 is 0.796 bits per heavy atom. The number of aliphatic hydroxyl groups is 6. The minimum absolute atomic E-state index is 0.219. The number of phosphoric ester groups is 4. The monoisotopic (exact) mass is 1570 g/mol. The van der Waals surface area contributed by atoms with Gasteiger partial charge in [-0.2, -0.15) is 19.9 Å². The topological polar surface area (TPSA) is 764 Å². The van der Waals surface area contributed by atoms with Gasteiger partial charge < -0.3 is 96.8 Å². The van der Waals surface area contributed by atoms with Crippen molar-refractivity contribution in [3.8, 4) is 0 Å². The van der Waals surface area contributed by atoms with Gasteiger partial charge in [0.25, 0.3) is 11.1 Å². The number of imidazole rings is 1. The molecule has 21 N–H and O–H groups in total. The lowest BCUT2D eigenvalue weighted by atomic mass is 10.1. The van der Waals surface area contributed by atoms with Crippen molar-refractivity contribution in [1.29, 1.82) is 0 Å². The lowest BCUT2D eigenvalue weighted by molar-refractivity contribution is -0.0661. The molecule has 11 heterocycles. The Hall–Kier alpha value is -7.11. The van der Waals surface area contributed by atoms with E-state index in [1.165, 1.54) is 0 Å². The van der Waals surface area contributed by atoms with E-state index in [0.717, 1.165) is 59.9 Å². The summed E-state index contributed by atoms with van der Waals surface area (Å²) in [6.07, 6.45) is -36.7. The zero-order chi connectivity index (χ0) is 74.7. The average molecular weight is 1570 g/mol. The van der Waals surface area contributed by atoms with E-state index in [1.807, 2.05) is 4.98 Å². The highest BCUT2D eigenvalue weighted by Crippen LogP contribution is 2.55. The standard InChI is InChI=1S/C46H59N16O36P5/c47-20-1-5-58(43(71)52-20)38-27(66)31(16(91-38)9-85-99(75)76)95-101(79,80)87-11-17-32(28(67)39(92-17)59-6-2-21(48)53-44(59)72)97-102(81,82)88-12-18-33(29(68)40(93-18)60-7-3-22(49)54-45(60)73)98-103(83,84)89-13-19-34(30(69)41(94-19)61-8-4-23(63)55-46(61)74)96-100(77,78)86-10-15-25(64)26(65)37(90-15)62-14-51-24-35(62)56-42(50)57-36(24)70/h1-8,14-19,25-34,37-41,64-69H,9-13H2,(H14-,47,48,49,50,52,53,54,55,56,57,63,70,71,72,73,74,75,76,77,78,79,80,81,82,83,84)/p+1/t15-,16-,17-,18-,19-,25-,26-,27-,28-,29-,30-,31-,32-,33-,34-,37-,38-,39-,40-,41-/m1/s1. The molecule has 0 amide bonds. The molecule has 25 atom stereocenters.